The Kier molecular flexibility index (Phi) is 4.61. The van der Waals surface area contributed by atoms with Crippen molar-refractivity contribution in [1.82, 2.24) is 0 Å². The van der Waals surface area contributed by atoms with Crippen LogP contribution in [0.15, 0.2) is 18.2 Å². The van der Waals surface area contributed by atoms with Crippen LogP contribution in [0.3, 0.4) is 0 Å². The van der Waals surface area contributed by atoms with Gasteiger partial charge in [-0.1, -0.05) is 6.92 Å². The second-order valence-electron chi connectivity index (χ2n) is 7.23. The van der Waals surface area contributed by atoms with E-state index in [9.17, 15) is 5.26 Å². The van der Waals surface area contributed by atoms with Gasteiger partial charge >= 0.3 is 0 Å². The van der Waals surface area contributed by atoms with Gasteiger partial charge in [-0.25, -0.2) is 0 Å². The molecule has 4 heteroatoms. The van der Waals surface area contributed by atoms with Crippen LogP contribution >= 0.6 is 0 Å². The number of benzene rings is 1. The predicted octanol–water partition coefficient (Wildman–Crippen LogP) is 3.59. The van der Waals surface area contributed by atoms with E-state index < -0.39 is 0 Å². The third kappa shape index (κ3) is 3.22. The van der Waals surface area contributed by atoms with Crippen LogP contribution in [0, 0.1) is 11.3 Å². The van der Waals surface area contributed by atoms with Crippen LogP contribution in [0.25, 0.3) is 0 Å². The van der Waals surface area contributed by atoms with Crippen molar-refractivity contribution in [3.05, 3.63) is 29.3 Å². The van der Waals surface area contributed by atoms with Gasteiger partial charge in [0.2, 0.25) is 0 Å². The highest BCUT2D eigenvalue weighted by Gasteiger charge is 2.40. The second-order valence-corrected chi connectivity index (χ2v) is 7.23. The van der Waals surface area contributed by atoms with Gasteiger partial charge in [0.25, 0.3) is 0 Å². The summed E-state index contributed by atoms with van der Waals surface area (Å²) in [5.41, 5.74) is 3.07. The molecule has 0 saturated carbocycles. The number of fused-ring (bicyclic) bond motifs is 1. The van der Waals surface area contributed by atoms with E-state index in [2.05, 4.69) is 37.8 Å². The van der Waals surface area contributed by atoms with E-state index in [-0.39, 0.29) is 11.7 Å². The van der Waals surface area contributed by atoms with Gasteiger partial charge in [0, 0.05) is 30.3 Å². The Labute approximate surface area is 139 Å². The van der Waals surface area contributed by atoms with Gasteiger partial charge in [-0.2, -0.15) is 5.26 Å². The van der Waals surface area contributed by atoms with Crippen LogP contribution in [0.4, 0.5) is 5.69 Å². The lowest BCUT2D eigenvalue weighted by Crippen LogP contribution is -2.39. The van der Waals surface area contributed by atoms with E-state index >= 15 is 0 Å². The molecule has 1 saturated heterocycles. The highest BCUT2D eigenvalue weighted by molar-refractivity contribution is 5.65. The molecule has 23 heavy (non-hydrogen) atoms. The smallest absolute Gasteiger partial charge is 0.157 e. The molecule has 4 nitrogen and oxygen atoms in total. The van der Waals surface area contributed by atoms with Crippen molar-refractivity contribution in [2.75, 3.05) is 24.7 Å². The van der Waals surface area contributed by atoms with Crippen LogP contribution in [-0.4, -0.2) is 32.1 Å². The lowest BCUT2D eigenvalue weighted by atomic mass is 9.84. The third-order valence-electron chi connectivity index (χ3n) is 4.95. The van der Waals surface area contributed by atoms with E-state index in [1.54, 1.807) is 0 Å². The molecule has 2 heterocycles. The van der Waals surface area contributed by atoms with Crippen molar-refractivity contribution >= 4 is 5.69 Å². The van der Waals surface area contributed by atoms with Gasteiger partial charge in [-0.05, 0) is 56.9 Å². The highest BCUT2D eigenvalue weighted by Crippen LogP contribution is 2.42. The quantitative estimate of drug-likeness (QED) is 0.852. The summed E-state index contributed by atoms with van der Waals surface area (Å²) in [6.07, 6.45) is 3.22. The van der Waals surface area contributed by atoms with Crippen molar-refractivity contribution in [3.63, 3.8) is 0 Å². The monoisotopic (exact) mass is 314 g/mol. The molecule has 1 aromatic carbocycles. The maximum atomic E-state index is 9.23. The average Bonchev–Trinajstić information content (AvgIpc) is 2.87. The highest BCUT2D eigenvalue weighted by atomic mass is 16.7. The first-order valence-electron chi connectivity index (χ1n) is 8.58. The van der Waals surface area contributed by atoms with E-state index in [1.807, 2.05) is 12.1 Å². The largest absolute Gasteiger partial charge is 0.368 e. The van der Waals surface area contributed by atoms with Crippen molar-refractivity contribution in [1.29, 1.82) is 5.26 Å². The van der Waals surface area contributed by atoms with Gasteiger partial charge in [-0.15, -0.1) is 0 Å². The normalized spacial score (nSPS) is 27.1. The number of nitriles is 1. The minimum Gasteiger partial charge on any atom is -0.368 e. The molecule has 0 aromatic heterocycles. The molecule has 0 aliphatic carbocycles. The standard InChI is InChI=1S/C19H26N2O2/c1-14(2)21-12-19(3,13-23-18-6-4-5-9-22-18)16-10-15(11-20)7-8-17(16)21/h7-8,10,14,18H,4-6,9,12-13H2,1-3H3. The van der Waals surface area contributed by atoms with Gasteiger partial charge in [0.05, 0.1) is 18.2 Å². The molecule has 0 bridgehead atoms. The summed E-state index contributed by atoms with van der Waals surface area (Å²) in [5.74, 6) is 0. The Morgan fingerprint density at radius 3 is 2.91 bits per heavy atom. The molecule has 2 unspecified atom stereocenters. The number of ether oxygens (including phenoxy) is 2. The van der Waals surface area contributed by atoms with Crippen LogP contribution in [0.2, 0.25) is 0 Å². The molecule has 2 atom stereocenters. The molecule has 0 radical (unpaired) electrons. The molecule has 2 aliphatic rings. The maximum absolute atomic E-state index is 9.23. The second kappa shape index (κ2) is 6.51. The fraction of sp³-hybridized carbons (Fsp3) is 0.632. The first-order valence-corrected chi connectivity index (χ1v) is 8.58. The zero-order valence-electron chi connectivity index (χ0n) is 14.3. The van der Waals surface area contributed by atoms with Crippen molar-refractivity contribution in [2.24, 2.45) is 0 Å². The zero-order chi connectivity index (χ0) is 16.4. The number of hydrogen-bond acceptors (Lipinski definition) is 4. The molecule has 1 aromatic rings. The van der Waals surface area contributed by atoms with E-state index in [4.69, 9.17) is 9.47 Å². The number of nitrogens with zero attached hydrogens (tertiary/aromatic N) is 2. The van der Waals surface area contributed by atoms with Gasteiger partial charge in [0.1, 0.15) is 0 Å². The first kappa shape index (κ1) is 16.3. The average molecular weight is 314 g/mol. The minimum absolute atomic E-state index is 0.0729. The summed E-state index contributed by atoms with van der Waals surface area (Å²) in [5, 5.41) is 9.23. The SMILES string of the molecule is CC(C)N1CC(C)(COC2CCCCO2)c2cc(C#N)ccc21. The van der Waals surface area contributed by atoms with E-state index in [0.717, 1.165) is 31.6 Å². The molecule has 0 amide bonds. The van der Waals surface area contributed by atoms with Crippen LogP contribution < -0.4 is 4.90 Å². The third-order valence-corrected chi connectivity index (χ3v) is 4.95. The topological polar surface area (TPSA) is 45.5 Å². The summed E-state index contributed by atoms with van der Waals surface area (Å²) in [7, 11) is 0. The zero-order valence-corrected chi connectivity index (χ0v) is 14.3. The Balaban J connectivity index is 1.83. The number of rotatable bonds is 4. The Morgan fingerprint density at radius 2 is 2.26 bits per heavy atom. The van der Waals surface area contributed by atoms with Gasteiger partial charge < -0.3 is 14.4 Å². The van der Waals surface area contributed by atoms with Crippen LogP contribution in [-0.2, 0) is 14.9 Å². The van der Waals surface area contributed by atoms with Crippen molar-refractivity contribution < 1.29 is 9.47 Å². The first-order chi connectivity index (χ1) is 11.0. The lowest BCUT2D eigenvalue weighted by Gasteiger charge is -2.31. The van der Waals surface area contributed by atoms with Crippen LogP contribution in [0.5, 0.6) is 0 Å². The fourth-order valence-electron chi connectivity index (χ4n) is 3.59. The lowest BCUT2D eigenvalue weighted by molar-refractivity contribution is -0.170. The van der Waals surface area contributed by atoms with Crippen molar-refractivity contribution in [2.45, 2.75) is 57.8 Å². The molecule has 0 N–H and O–H groups in total. The molecule has 124 valence electrons. The predicted molar refractivity (Wildman–Crippen MR) is 90.5 cm³/mol. The summed E-state index contributed by atoms with van der Waals surface area (Å²) in [4.78, 5) is 2.40. The van der Waals surface area contributed by atoms with E-state index in [0.29, 0.717) is 12.6 Å². The van der Waals surface area contributed by atoms with Crippen molar-refractivity contribution in [3.8, 4) is 6.07 Å². The summed E-state index contributed by atoms with van der Waals surface area (Å²) in [6, 6.07) is 8.70. The fourth-order valence-corrected chi connectivity index (χ4v) is 3.59. The summed E-state index contributed by atoms with van der Waals surface area (Å²) < 4.78 is 11.8. The Hall–Kier alpha value is -1.57. The summed E-state index contributed by atoms with van der Waals surface area (Å²) >= 11 is 0. The number of anilines is 1. The molecular formula is C19H26N2O2. The Morgan fingerprint density at radius 1 is 1.43 bits per heavy atom. The molecule has 0 spiro atoms. The molecule has 3 rings (SSSR count). The maximum Gasteiger partial charge on any atom is 0.157 e. The van der Waals surface area contributed by atoms with Gasteiger partial charge in [0.15, 0.2) is 6.29 Å². The summed E-state index contributed by atoms with van der Waals surface area (Å²) in [6.45, 7) is 8.99. The minimum atomic E-state index is -0.104. The number of hydrogen-bond donors (Lipinski definition) is 0. The van der Waals surface area contributed by atoms with Crippen LogP contribution in [0.1, 0.15) is 51.2 Å². The van der Waals surface area contributed by atoms with Gasteiger partial charge in [-0.3, -0.25) is 0 Å². The Bertz CT molecular complexity index is 602. The van der Waals surface area contributed by atoms with E-state index in [1.165, 1.54) is 17.7 Å². The molecule has 1 fully saturated rings. The molecular weight excluding hydrogens is 288 g/mol. The molecule has 2 aliphatic heterocycles.